The van der Waals surface area contributed by atoms with E-state index >= 15 is 0 Å². The minimum atomic E-state index is -3.41. The highest BCUT2D eigenvalue weighted by atomic mass is 32.2. The van der Waals surface area contributed by atoms with E-state index in [-0.39, 0.29) is 18.3 Å². The lowest BCUT2D eigenvalue weighted by atomic mass is 10.2. The van der Waals surface area contributed by atoms with E-state index in [0.29, 0.717) is 0 Å². The van der Waals surface area contributed by atoms with E-state index in [1.165, 1.54) is 0 Å². The van der Waals surface area contributed by atoms with Crippen LogP contribution in [0.3, 0.4) is 0 Å². The maximum atomic E-state index is 11.6. The van der Waals surface area contributed by atoms with Gasteiger partial charge in [0.25, 0.3) is 0 Å². The normalized spacial score (nSPS) is 13.1. The number of sulfone groups is 1. The molecule has 0 aromatic carbocycles. The van der Waals surface area contributed by atoms with Crippen molar-refractivity contribution in [2.75, 3.05) is 18.1 Å². The fourth-order valence-electron chi connectivity index (χ4n) is 1.28. The number of ether oxygens (including phenoxy) is 1. The first-order valence-corrected chi connectivity index (χ1v) is 7.50. The van der Waals surface area contributed by atoms with Gasteiger partial charge in [-0.25, -0.2) is 8.42 Å². The second-order valence-corrected chi connectivity index (χ2v) is 6.20. The SMILES string of the molecule is CCOC(=O)CC(=O)CS(=O)(=O)CC(C)CC. The van der Waals surface area contributed by atoms with E-state index in [4.69, 9.17) is 0 Å². The quantitative estimate of drug-likeness (QED) is 0.482. The number of hydrogen-bond donors (Lipinski definition) is 0. The molecule has 0 fully saturated rings. The number of ketones is 1. The fourth-order valence-corrected chi connectivity index (χ4v) is 3.09. The molecule has 0 aromatic heterocycles. The Bertz CT molecular complexity index is 358. The molecule has 0 bridgehead atoms. The standard InChI is InChI=1S/C11H20O5S/c1-4-9(3)7-17(14,15)8-10(12)6-11(13)16-5-2/h9H,4-8H2,1-3H3. The third-order valence-electron chi connectivity index (χ3n) is 2.26. The van der Waals surface area contributed by atoms with Crippen molar-refractivity contribution in [1.29, 1.82) is 0 Å². The third kappa shape index (κ3) is 7.90. The van der Waals surface area contributed by atoms with Crippen molar-refractivity contribution in [3.05, 3.63) is 0 Å². The van der Waals surface area contributed by atoms with Crippen LogP contribution in [0.15, 0.2) is 0 Å². The van der Waals surface area contributed by atoms with Gasteiger partial charge in [-0.15, -0.1) is 0 Å². The van der Waals surface area contributed by atoms with E-state index in [1.807, 2.05) is 13.8 Å². The highest BCUT2D eigenvalue weighted by molar-refractivity contribution is 7.92. The Morgan fingerprint density at radius 3 is 2.29 bits per heavy atom. The Morgan fingerprint density at radius 2 is 1.82 bits per heavy atom. The fraction of sp³-hybridized carbons (Fsp3) is 0.818. The Morgan fingerprint density at radius 1 is 1.24 bits per heavy atom. The van der Waals surface area contributed by atoms with E-state index in [0.717, 1.165) is 6.42 Å². The Labute approximate surface area is 102 Å². The van der Waals surface area contributed by atoms with E-state index in [9.17, 15) is 18.0 Å². The Hall–Kier alpha value is -0.910. The number of hydrogen-bond acceptors (Lipinski definition) is 5. The average molecular weight is 264 g/mol. The van der Waals surface area contributed by atoms with Crippen molar-refractivity contribution in [2.45, 2.75) is 33.6 Å². The zero-order valence-electron chi connectivity index (χ0n) is 10.6. The van der Waals surface area contributed by atoms with E-state index in [1.54, 1.807) is 6.92 Å². The highest BCUT2D eigenvalue weighted by Crippen LogP contribution is 2.07. The predicted molar refractivity (Wildman–Crippen MR) is 64.4 cm³/mol. The second-order valence-electron chi connectivity index (χ2n) is 4.09. The molecule has 0 amide bonds. The highest BCUT2D eigenvalue weighted by Gasteiger charge is 2.21. The van der Waals surface area contributed by atoms with Gasteiger partial charge in [-0.05, 0) is 12.8 Å². The van der Waals surface area contributed by atoms with Crippen LogP contribution in [0, 0.1) is 5.92 Å². The van der Waals surface area contributed by atoms with Gasteiger partial charge in [0.2, 0.25) is 0 Å². The topological polar surface area (TPSA) is 77.5 Å². The molecule has 100 valence electrons. The lowest BCUT2D eigenvalue weighted by Gasteiger charge is -2.08. The predicted octanol–water partition coefficient (Wildman–Crippen LogP) is 0.970. The molecule has 0 aliphatic carbocycles. The lowest BCUT2D eigenvalue weighted by molar-refractivity contribution is -0.145. The van der Waals surface area contributed by atoms with Crippen molar-refractivity contribution in [3.8, 4) is 0 Å². The number of rotatable bonds is 8. The molecule has 0 radical (unpaired) electrons. The summed E-state index contributed by atoms with van der Waals surface area (Å²) in [5.74, 6) is -1.84. The van der Waals surface area contributed by atoms with Crippen LogP contribution in [0.2, 0.25) is 0 Å². The number of esters is 1. The van der Waals surface area contributed by atoms with Crippen LogP contribution in [0.1, 0.15) is 33.6 Å². The third-order valence-corrected chi connectivity index (χ3v) is 4.10. The minimum Gasteiger partial charge on any atom is -0.466 e. The molecule has 0 rings (SSSR count). The van der Waals surface area contributed by atoms with Gasteiger partial charge in [0, 0.05) is 0 Å². The maximum absolute atomic E-state index is 11.6. The molecule has 0 saturated heterocycles. The summed E-state index contributed by atoms with van der Waals surface area (Å²) in [5.41, 5.74) is 0. The van der Waals surface area contributed by atoms with E-state index < -0.39 is 33.8 Å². The first kappa shape index (κ1) is 16.1. The van der Waals surface area contributed by atoms with Gasteiger partial charge in [0.15, 0.2) is 15.6 Å². The van der Waals surface area contributed by atoms with Gasteiger partial charge in [0.05, 0.1) is 12.4 Å². The molecule has 0 aliphatic rings. The summed E-state index contributed by atoms with van der Waals surface area (Å²) in [6.07, 6.45) is 0.277. The Balaban J connectivity index is 4.23. The molecule has 0 saturated carbocycles. The van der Waals surface area contributed by atoms with Gasteiger partial charge in [-0.1, -0.05) is 20.3 Å². The van der Waals surface area contributed by atoms with Gasteiger partial charge in [-0.2, -0.15) is 0 Å². The summed E-state index contributed by atoms with van der Waals surface area (Å²) in [4.78, 5) is 22.3. The monoisotopic (exact) mass is 264 g/mol. The zero-order valence-corrected chi connectivity index (χ0v) is 11.4. The number of carbonyl (C=O) groups excluding carboxylic acids is 2. The summed E-state index contributed by atoms with van der Waals surface area (Å²) in [7, 11) is -3.41. The van der Waals surface area contributed by atoms with Crippen LogP contribution >= 0.6 is 0 Å². The molecule has 6 heteroatoms. The number of carbonyl (C=O) groups is 2. The van der Waals surface area contributed by atoms with Crippen molar-refractivity contribution in [3.63, 3.8) is 0 Å². The summed E-state index contributed by atoms with van der Waals surface area (Å²) in [6, 6.07) is 0. The van der Waals surface area contributed by atoms with Crippen molar-refractivity contribution < 1.29 is 22.7 Å². The van der Waals surface area contributed by atoms with Gasteiger partial charge in [0.1, 0.15) is 12.2 Å². The van der Waals surface area contributed by atoms with Gasteiger partial charge in [-0.3, -0.25) is 9.59 Å². The largest absolute Gasteiger partial charge is 0.466 e. The first-order chi connectivity index (χ1) is 7.80. The summed E-state index contributed by atoms with van der Waals surface area (Å²) in [5, 5.41) is 0. The van der Waals surface area contributed by atoms with Crippen molar-refractivity contribution in [1.82, 2.24) is 0 Å². The maximum Gasteiger partial charge on any atom is 0.313 e. The summed E-state index contributed by atoms with van der Waals surface area (Å²) in [6.45, 7) is 5.52. The molecular formula is C11H20O5S. The molecular weight excluding hydrogens is 244 g/mol. The van der Waals surface area contributed by atoms with Crippen LogP contribution in [-0.2, 0) is 24.2 Å². The van der Waals surface area contributed by atoms with Crippen LogP contribution in [0.25, 0.3) is 0 Å². The van der Waals surface area contributed by atoms with Crippen LogP contribution in [-0.4, -0.2) is 38.3 Å². The molecule has 0 N–H and O–H groups in total. The van der Waals surface area contributed by atoms with Gasteiger partial charge >= 0.3 is 5.97 Å². The van der Waals surface area contributed by atoms with Crippen LogP contribution in [0.5, 0.6) is 0 Å². The number of Topliss-reactive ketones (excluding diaryl/α,β-unsaturated/α-hetero) is 1. The summed E-state index contributed by atoms with van der Waals surface area (Å²) >= 11 is 0. The van der Waals surface area contributed by atoms with Crippen LogP contribution in [0.4, 0.5) is 0 Å². The molecule has 0 spiro atoms. The molecule has 0 aliphatic heterocycles. The molecule has 17 heavy (non-hydrogen) atoms. The summed E-state index contributed by atoms with van der Waals surface area (Å²) < 4.78 is 27.7. The van der Waals surface area contributed by atoms with Crippen LogP contribution < -0.4 is 0 Å². The minimum absolute atomic E-state index is 0.0158. The average Bonchev–Trinajstić information content (AvgIpc) is 2.15. The molecule has 1 unspecified atom stereocenters. The Kier molecular flexibility index (Phi) is 7.03. The van der Waals surface area contributed by atoms with Crippen molar-refractivity contribution in [2.24, 2.45) is 5.92 Å². The van der Waals surface area contributed by atoms with E-state index in [2.05, 4.69) is 4.74 Å². The molecule has 0 aromatic rings. The zero-order chi connectivity index (χ0) is 13.5. The molecule has 5 nitrogen and oxygen atoms in total. The van der Waals surface area contributed by atoms with Crippen molar-refractivity contribution >= 4 is 21.6 Å². The second kappa shape index (κ2) is 7.42. The molecule has 0 heterocycles. The first-order valence-electron chi connectivity index (χ1n) is 5.68. The molecule has 1 atom stereocenters. The lowest BCUT2D eigenvalue weighted by Crippen LogP contribution is -2.24. The van der Waals surface area contributed by atoms with Gasteiger partial charge < -0.3 is 4.74 Å². The smallest absolute Gasteiger partial charge is 0.313 e.